The summed E-state index contributed by atoms with van der Waals surface area (Å²) in [4.78, 5) is 12.3. The summed E-state index contributed by atoms with van der Waals surface area (Å²) in [5, 5.41) is 2.84. The van der Waals surface area contributed by atoms with E-state index >= 15 is 0 Å². The molecule has 1 aliphatic rings. The van der Waals surface area contributed by atoms with Gasteiger partial charge in [-0.2, -0.15) is 0 Å². The Labute approximate surface area is 140 Å². The van der Waals surface area contributed by atoms with E-state index in [4.69, 9.17) is 18.9 Å². The van der Waals surface area contributed by atoms with Gasteiger partial charge in [-0.3, -0.25) is 4.79 Å². The topological polar surface area (TPSA) is 69.3 Å². The van der Waals surface area contributed by atoms with E-state index in [2.05, 4.69) is 5.32 Å². The van der Waals surface area contributed by atoms with Crippen LogP contribution in [-0.4, -0.2) is 39.4 Å². The number of amides is 1. The van der Waals surface area contributed by atoms with Gasteiger partial charge in [0.1, 0.15) is 18.5 Å². The first-order chi connectivity index (χ1) is 11.7. The molecule has 2 aromatic rings. The van der Waals surface area contributed by atoms with Crippen LogP contribution in [0.4, 0.5) is 5.69 Å². The van der Waals surface area contributed by atoms with Crippen molar-refractivity contribution in [3.05, 3.63) is 48.0 Å². The van der Waals surface area contributed by atoms with Gasteiger partial charge in [-0.1, -0.05) is 0 Å². The van der Waals surface area contributed by atoms with Crippen molar-refractivity contribution in [3.63, 3.8) is 0 Å². The summed E-state index contributed by atoms with van der Waals surface area (Å²) >= 11 is 0. The molecular formula is C18H19NO5. The molecule has 1 unspecified atom stereocenters. The van der Waals surface area contributed by atoms with Gasteiger partial charge < -0.3 is 24.3 Å². The molecule has 0 saturated carbocycles. The molecule has 126 valence electrons. The Morgan fingerprint density at radius 3 is 2.46 bits per heavy atom. The Hall–Kier alpha value is -2.73. The van der Waals surface area contributed by atoms with E-state index in [1.165, 1.54) is 7.11 Å². The molecule has 1 N–H and O–H groups in total. The molecular weight excluding hydrogens is 310 g/mol. The molecule has 0 spiro atoms. The molecule has 1 atom stereocenters. The lowest BCUT2D eigenvalue weighted by Gasteiger charge is -2.10. The Morgan fingerprint density at radius 1 is 1.12 bits per heavy atom. The first-order valence-corrected chi connectivity index (χ1v) is 7.57. The van der Waals surface area contributed by atoms with Crippen molar-refractivity contribution in [1.82, 2.24) is 0 Å². The summed E-state index contributed by atoms with van der Waals surface area (Å²) in [7, 11) is 3.08. The van der Waals surface area contributed by atoms with Crippen molar-refractivity contribution in [2.45, 2.75) is 6.10 Å². The molecule has 1 amide bonds. The highest BCUT2D eigenvalue weighted by Gasteiger charge is 2.23. The first-order valence-electron chi connectivity index (χ1n) is 7.57. The molecule has 6 nitrogen and oxygen atoms in total. The fraction of sp³-hybridized carbons (Fsp3) is 0.278. The number of epoxide rings is 1. The second-order valence-corrected chi connectivity index (χ2v) is 5.31. The van der Waals surface area contributed by atoms with Gasteiger partial charge in [-0.15, -0.1) is 0 Å². The van der Waals surface area contributed by atoms with Gasteiger partial charge in [0.2, 0.25) is 0 Å². The Kier molecular flexibility index (Phi) is 4.86. The van der Waals surface area contributed by atoms with Gasteiger partial charge >= 0.3 is 0 Å². The van der Waals surface area contributed by atoms with Crippen LogP contribution in [0.2, 0.25) is 0 Å². The zero-order valence-corrected chi connectivity index (χ0v) is 13.6. The van der Waals surface area contributed by atoms with Crippen molar-refractivity contribution < 1.29 is 23.7 Å². The highest BCUT2D eigenvalue weighted by atomic mass is 16.6. The molecule has 2 aromatic carbocycles. The maximum absolute atomic E-state index is 12.3. The number of methoxy groups -OCH3 is 2. The standard InChI is InChI=1S/C18H19NO5/c1-21-16-8-3-12(9-17(16)22-2)18(20)19-13-4-6-14(7-5-13)23-10-15-11-24-15/h3-9,15H,10-11H2,1-2H3,(H,19,20). The summed E-state index contributed by atoms with van der Waals surface area (Å²) in [5.41, 5.74) is 1.17. The lowest BCUT2D eigenvalue weighted by atomic mass is 10.2. The summed E-state index contributed by atoms with van der Waals surface area (Å²) < 4.78 is 21.0. The molecule has 1 fully saturated rings. The number of hydrogen-bond acceptors (Lipinski definition) is 5. The van der Waals surface area contributed by atoms with Crippen molar-refractivity contribution in [3.8, 4) is 17.2 Å². The predicted octanol–water partition coefficient (Wildman–Crippen LogP) is 2.73. The molecule has 1 aliphatic heterocycles. The number of ether oxygens (including phenoxy) is 4. The lowest BCUT2D eigenvalue weighted by molar-refractivity contribution is 0.102. The van der Waals surface area contributed by atoms with E-state index in [1.807, 2.05) is 12.1 Å². The quantitative estimate of drug-likeness (QED) is 0.791. The molecule has 6 heteroatoms. The number of carbonyl (C=O) groups is 1. The minimum Gasteiger partial charge on any atom is -0.493 e. The van der Waals surface area contributed by atoms with E-state index in [1.54, 1.807) is 37.4 Å². The van der Waals surface area contributed by atoms with E-state index in [-0.39, 0.29) is 12.0 Å². The summed E-state index contributed by atoms with van der Waals surface area (Å²) in [6.45, 7) is 1.32. The monoisotopic (exact) mass is 329 g/mol. The predicted molar refractivity (Wildman–Crippen MR) is 89.2 cm³/mol. The molecule has 0 aromatic heterocycles. The van der Waals surface area contributed by atoms with Crippen LogP contribution in [0.5, 0.6) is 17.2 Å². The number of benzene rings is 2. The first kappa shape index (κ1) is 16.1. The normalized spacial score (nSPS) is 15.5. The zero-order valence-electron chi connectivity index (χ0n) is 13.6. The molecule has 0 radical (unpaired) electrons. The Bertz CT molecular complexity index is 710. The van der Waals surface area contributed by atoms with Crippen LogP contribution in [0.3, 0.4) is 0 Å². The molecule has 0 aliphatic carbocycles. The Balaban J connectivity index is 1.63. The van der Waals surface area contributed by atoms with Crippen LogP contribution < -0.4 is 19.5 Å². The minimum absolute atomic E-state index is 0.217. The van der Waals surface area contributed by atoms with Crippen molar-refractivity contribution in [2.24, 2.45) is 0 Å². The molecule has 1 saturated heterocycles. The number of rotatable bonds is 7. The van der Waals surface area contributed by atoms with Gasteiger partial charge in [0.05, 0.1) is 20.8 Å². The van der Waals surface area contributed by atoms with Crippen LogP contribution in [0, 0.1) is 0 Å². The third-order valence-electron chi connectivity index (χ3n) is 3.60. The third kappa shape index (κ3) is 3.97. The number of nitrogens with one attached hydrogen (secondary N) is 1. The fourth-order valence-corrected chi connectivity index (χ4v) is 2.17. The number of anilines is 1. The SMILES string of the molecule is COc1ccc(C(=O)Nc2ccc(OCC3CO3)cc2)cc1OC. The van der Waals surface area contributed by atoms with E-state index in [9.17, 15) is 4.79 Å². The smallest absolute Gasteiger partial charge is 0.255 e. The Morgan fingerprint density at radius 2 is 1.83 bits per heavy atom. The summed E-state index contributed by atoms with van der Waals surface area (Å²) in [6.07, 6.45) is 0.217. The number of hydrogen-bond donors (Lipinski definition) is 1. The van der Waals surface area contributed by atoms with E-state index < -0.39 is 0 Å². The van der Waals surface area contributed by atoms with Gasteiger partial charge in [-0.25, -0.2) is 0 Å². The maximum Gasteiger partial charge on any atom is 0.255 e. The molecule has 24 heavy (non-hydrogen) atoms. The summed E-state index contributed by atoms with van der Waals surface area (Å²) in [6, 6.07) is 12.2. The van der Waals surface area contributed by atoms with E-state index in [0.717, 1.165) is 12.4 Å². The molecule has 1 heterocycles. The van der Waals surface area contributed by atoms with Gasteiger partial charge in [-0.05, 0) is 42.5 Å². The maximum atomic E-state index is 12.3. The number of carbonyl (C=O) groups excluding carboxylic acids is 1. The second kappa shape index (κ2) is 7.23. The van der Waals surface area contributed by atoms with Crippen LogP contribution >= 0.6 is 0 Å². The summed E-state index contributed by atoms with van der Waals surface area (Å²) in [5.74, 6) is 1.61. The van der Waals surface area contributed by atoms with Gasteiger partial charge in [0.25, 0.3) is 5.91 Å². The van der Waals surface area contributed by atoms with Crippen LogP contribution in [0.15, 0.2) is 42.5 Å². The van der Waals surface area contributed by atoms with Crippen molar-refractivity contribution in [1.29, 1.82) is 0 Å². The zero-order chi connectivity index (χ0) is 16.9. The van der Waals surface area contributed by atoms with Gasteiger partial charge in [0, 0.05) is 11.3 Å². The minimum atomic E-state index is -0.226. The van der Waals surface area contributed by atoms with Crippen molar-refractivity contribution >= 4 is 11.6 Å². The third-order valence-corrected chi connectivity index (χ3v) is 3.60. The second-order valence-electron chi connectivity index (χ2n) is 5.31. The molecule has 3 rings (SSSR count). The van der Waals surface area contributed by atoms with Crippen LogP contribution in [0.25, 0.3) is 0 Å². The van der Waals surface area contributed by atoms with E-state index in [0.29, 0.717) is 29.4 Å². The molecule has 0 bridgehead atoms. The fourth-order valence-electron chi connectivity index (χ4n) is 2.17. The largest absolute Gasteiger partial charge is 0.493 e. The van der Waals surface area contributed by atoms with Gasteiger partial charge in [0.15, 0.2) is 11.5 Å². The van der Waals surface area contributed by atoms with Crippen LogP contribution in [-0.2, 0) is 4.74 Å². The highest BCUT2D eigenvalue weighted by molar-refractivity contribution is 6.04. The lowest BCUT2D eigenvalue weighted by Crippen LogP contribution is -2.12. The van der Waals surface area contributed by atoms with Crippen molar-refractivity contribution in [2.75, 3.05) is 32.8 Å². The van der Waals surface area contributed by atoms with Crippen LogP contribution in [0.1, 0.15) is 10.4 Å². The average molecular weight is 329 g/mol. The highest BCUT2D eigenvalue weighted by Crippen LogP contribution is 2.28. The average Bonchev–Trinajstić information content (AvgIpc) is 3.45.